The van der Waals surface area contributed by atoms with E-state index in [0.29, 0.717) is 0 Å². The van der Waals surface area contributed by atoms with E-state index in [1.165, 1.54) is 11.1 Å². The minimum Gasteiger partial charge on any atom is -0.396 e. The smallest absolute Gasteiger partial charge is 0.0449 e. The van der Waals surface area contributed by atoms with Gasteiger partial charge in [0.05, 0.1) is 0 Å². The highest BCUT2D eigenvalue weighted by molar-refractivity contribution is 5.20. The Morgan fingerprint density at radius 1 is 0.889 bits per heavy atom. The maximum absolute atomic E-state index is 9.16. The average Bonchev–Trinajstić information content (AvgIpc) is 2.45. The molecule has 0 unspecified atom stereocenters. The van der Waals surface area contributed by atoms with Crippen LogP contribution in [-0.4, -0.2) is 11.7 Å². The van der Waals surface area contributed by atoms with E-state index in [1.807, 2.05) is 36.4 Å². The molecule has 0 saturated carbocycles. The van der Waals surface area contributed by atoms with E-state index in [0.717, 1.165) is 13.0 Å². The lowest BCUT2D eigenvalue weighted by atomic mass is 10.0. The van der Waals surface area contributed by atoms with Gasteiger partial charge < -0.3 is 10.4 Å². The normalized spacial score (nSPS) is 12.3. The number of nitrogens with one attached hydrogen (secondary N) is 1. The first-order chi connectivity index (χ1) is 8.90. The van der Waals surface area contributed by atoms with Crippen LogP contribution >= 0.6 is 0 Å². The number of aliphatic hydroxyl groups excluding tert-OH is 1. The van der Waals surface area contributed by atoms with Crippen LogP contribution in [0.4, 0.5) is 0 Å². The van der Waals surface area contributed by atoms with Gasteiger partial charge in [0.2, 0.25) is 0 Å². The van der Waals surface area contributed by atoms with Crippen molar-refractivity contribution < 1.29 is 5.11 Å². The summed E-state index contributed by atoms with van der Waals surface area (Å²) < 4.78 is 0. The molecule has 2 aromatic carbocycles. The highest BCUT2D eigenvalue weighted by Gasteiger charge is 2.09. The molecule has 0 aliphatic rings. The van der Waals surface area contributed by atoms with Gasteiger partial charge in [-0.05, 0) is 17.5 Å². The van der Waals surface area contributed by atoms with Crippen LogP contribution in [0, 0.1) is 0 Å². The minimum atomic E-state index is 0.196. The minimum absolute atomic E-state index is 0.196. The van der Waals surface area contributed by atoms with Gasteiger partial charge in [-0.15, -0.1) is 0 Å². The molecule has 2 heteroatoms. The summed E-state index contributed by atoms with van der Waals surface area (Å²) in [6, 6.07) is 20.8. The summed E-state index contributed by atoms with van der Waals surface area (Å²) in [4.78, 5) is 0. The van der Waals surface area contributed by atoms with Gasteiger partial charge in [-0.3, -0.25) is 0 Å². The maximum atomic E-state index is 9.16. The molecule has 0 fully saturated rings. The summed E-state index contributed by atoms with van der Waals surface area (Å²) in [6.45, 7) is 1.02. The van der Waals surface area contributed by atoms with Crippen LogP contribution < -0.4 is 5.32 Å². The fraction of sp³-hybridized carbons (Fsp3) is 0.250. The zero-order chi connectivity index (χ0) is 12.6. The second-order valence-corrected chi connectivity index (χ2v) is 4.34. The molecule has 0 aromatic heterocycles. The lowest BCUT2D eigenvalue weighted by Gasteiger charge is -2.18. The molecule has 0 radical (unpaired) electrons. The number of rotatable bonds is 6. The van der Waals surface area contributed by atoms with Crippen molar-refractivity contribution in [1.29, 1.82) is 0 Å². The highest BCUT2D eigenvalue weighted by atomic mass is 16.3. The highest BCUT2D eigenvalue weighted by Crippen LogP contribution is 2.16. The van der Waals surface area contributed by atoms with Crippen LogP contribution in [0.2, 0.25) is 0 Å². The number of aliphatic hydroxyl groups is 1. The van der Waals surface area contributed by atoms with E-state index in [1.54, 1.807) is 0 Å². The van der Waals surface area contributed by atoms with E-state index >= 15 is 0 Å². The fourth-order valence-electron chi connectivity index (χ4n) is 2.04. The van der Waals surface area contributed by atoms with Crippen molar-refractivity contribution in [3.8, 4) is 0 Å². The van der Waals surface area contributed by atoms with Gasteiger partial charge in [0.25, 0.3) is 0 Å². The van der Waals surface area contributed by atoms with E-state index in [9.17, 15) is 0 Å². The third-order valence-electron chi connectivity index (χ3n) is 3.02. The Balaban J connectivity index is 1.99. The van der Waals surface area contributed by atoms with Crippen molar-refractivity contribution in [1.82, 2.24) is 5.32 Å². The molecular formula is C16H19NO. The van der Waals surface area contributed by atoms with Crippen LogP contribution in [-0.2, 0) is 6.54 Å². The molecule has 0 heterocycles. The molecule has 2 nitrogen and oxygen atoms in total. The molecule has 94 valence electrons. The summed E-state index contributed by atoms with van der Waals surface area (Å²) in [5.41, 5.74) is 2.49. The molecule has 0 aliphatic carbocycles. The lowest BCUT2D eigenvalue weighted by Crippen LogP contribution is -2.21. The Labute approximate surface area is 108 Å². The summed E-state index contributed by atoms with van der Waals surface area (Å²) in [5, 5.41) is 12.6. The summed E-state index contributed by atoms with van der Waals surface area (Å²) in [5.74, 6) is 0. The van der Waals surface area contributed by atoms with Crippen LogP contribution in [0.5, 0.6) is 0 Å². The zero-order valence-corrected chi connectivity index (χ0v) is 10.4. The van der Waals surface area contributed by atoms with Crippen molar-refractivity contribution >= 4 is 0 Å². The maximum Gasteiger partial charge on any atom is 0.0449 e. The summed E-state index contributed by atoms with van der Waals surface area (Å²) >= 11 is 0. The van der Waals surface area contributed by atoms with Crippen molar-refractivity contribution in [2.24, 2.45) is 0 Å². The topological polar surface area (TPSA) is 32.3 Å². The first-order valence-electron chi connectivity index (χ1n) is 6.33. The standard InChI is InChI=1S/C16H19NO/c18-12-11-16(15-9-5-2-6-10-15)17-13-14-7-3-1-4-8-14/h1-10,16-18H,11-13H2/t16-/m1/s1. The third-order valence-corrected chi connectivity index (χ3v) is 3.02. The van der Waals surface area contributed by atoms with Gasteiger partial charge >= 0.3 is 0 Å². The van der Waals surface area contributed by atoms with Crippen LogP contribution in [0.25, 0.3) is 0 Å². The Morgan fingerprint density at radius 3 is 2.11 bits per heavy atom. The Hall–Kier alpha value is -1.64. The molecule has 2 aromatic rings. The molecule has 1 atom stereocenters. The molecule has 2 rings (SSSR count). The van der Waals surface area contributed by atoms with Gasteiger partial charge in [-0.25, -0.2) is 0 Å². The Morgan fingerprint density at radius 2 is 1.50 bits per heavy atom. The molecule has 0 bridgehead atoms. The van der Waals surface area contributed by atoms with Crippen molar-refractivity contribution in [3.05, 3.63) is 71.8 Å². The molecule has 2 N–H and O–H groups in total. The summed E-state index contributed by atoms with van der Waals surface area (Å²) in [6.07, 6.45) is 0.733. The van der Waals surface area contributed by atoms with E-state index in [4.69, 9.17) is 5.11 Å². The number of benzene rings is 2. The number of hydrogen-bond acceptors (Lipinski definition) is 2. The second kappa shape index (κ2) is 6.94. The molecule has 0 spiro atoms. The quantitative estimate of drug-likeness (QED) is 0.815. The first kappa shape index (κ1) is 12.8. The SMILES string of the molecule is OCC[C@@H](NCc1ccccc1)c1ccccc1. The van der Waals surface area contributed by atoms with Crippen LogP contribution in [0.1, 0.15) is 23.6 Å². The van der Waals surface area contributed by atoms with E-state index in [-0.39, 0.29) is 12.6 Å². The van der Waals surface area contributed by atoms with Crippen molar-refractivity contribution in [2.45, 2.75) is 19.0 Å². The average molecular weight is 241 g/mol. The molecule has 18 heavy (non-hydrogen) atoms. The van der Waals surface area contributed by atoms with E-state index < -0.39 is 0 Å². The predicted octanol–water partition coefficient (Wildman–Crippen LogP) is 2.90. The second-order valence-electron chi connectivity index (χ2n) is 4.34. The van der Waals surface area contributed by atoms with Gasteiger partial charge in [0.1, 0.15) is 0 Å². The molecule has 0 amide bonds. The molecular weight excluding hydrogens is 222 g/mol. The molecule has 0 aliphatic heterocycles. The summed E-state index contributed by atoms with van der Waals surface area (Å²) in [7, 11) is 0. The third kappa shape index (κ3) is 3.69. The Kier molecular flexibility index (Phi) is 4.94. The van der Waals surface area contributed by atoms with Gasteiger partial charge in [0.15, 0.2) is 0 Å². The largest absolute Gasteiger partial charge is 0.396 e. The van der Waals surface area contributed by atoms with Gasteiger partial charge in [0, 0.05) is 19.2 Å². The van der Waals surface area contributed by atoms with Crippen LogP contribution in [0.3, 0.4) is 0 Å². The monoisotopic (exact) mass is 241 g/mol. The molecule has 0 saturated heterocycles. The van der Waals surface area contributed by atoms with Gasteiger partial charge in [-0.2, -0.15) is 0 Å². The Bertz CT molecular complexity index is 441. The number of hydrogen-bond donors (Lipinski definition) is 2. The van der Waals surface area contributed by atoms with E-state index in [2.05, 4.69) is 29.6 Å². The predicted molar refractivity (Wildman–Crippen MR) is 74.2 cm³/mol. The first-order valence-corrected chi connectivity index (χ1v) is 6.33. The van der Waals surface area contributed by atoms with Crippen molar-refractivity contribution in [2.75, 3.05) is 6.61 Å². The van der Waals surface area contributed by atoms with Crippen LogP contribution in [0.15, 0.2) is 60.7 Å². The van der Waals surface area contributed by atoms with Crippen molar-refractivity contribution in [3.63, 3.8) is 0 Å². The zero-order valence-electron chi connectivity index (χ0n) is 10.4. The van der Waals surface area contributed by atoms with Gasteiger partial charge in [-0.1, -0.05) is 60.7 Å². The lowest BCUT2D eigenvalue weighted by molar-refractivity contribution is 0.265. The fourth-order valence-corrected chi connectivity index (χ4v) is 2.04.